The van der Waals surface area contributed by atoms with Gasteiger partial charge in [-0.05, 0) is 88.2 Å². The van der Waals surface area contributed by atoms with Gasteiger partial charge in [-0.3, -0.25) is 4.79 Å². The van der Waals surface area contributed by atoms with Crippen LogP contribution in [0.1, 0.15) is 45.7 Å². The van der Waals surface area contributed by atoms with Gasteiger partial charge in [-0.2, -0.15) is 5.26 Å². The van der Waals surface area contributed by atoms with E-state index in [0.29, 0.717) is 17.5 Å². The minimum absolute atomic E-state index is 0.0502. The molecule has 1 amide bonds. The summed E-state index contributed by atoms with van der Waals surface area (Å²) in [5.74, 6) is 0.257. The molecular weight excluding hydrogens is 386 g/mol. The van der Waals surface area contributed by atoms with Crippen LogP contribution in [0.15, 0.2) is 54.1 Å². The summed E-state index contributed by atoms with van der Waals surface area (Å²) in [6, 6.07) is 15.4. The maximum absolute atomic E-state index is 12.6. The van der Waals surface area contributed by atoms with E-state index >= 15 is 0 Å². The summed E-state index contributed by atoms with van der Waals surface area (Å²) in [5, 5.41) is 12.3. The number of nitriles is 1. The van der Waals surface area contributed by atoms with E-state index in [-0.39, 0.29) is 11.1 Å². The van der Waals surface area contributed by atoms with Crippen molar-refractivity contribution in [2.45, 2.75) is 46.2 Å². The molecule has 5 heteroatoms. The molecule has 0 aromatic heterocycles. The Balaban J connectivity index is 1.91. The zero-order valence-corrected chi connectivity index (χ0v) is 19.0. The van der Waals surface area contributed by atoms with Crippen LogP contribution in [0.25, 0.3) is 11.6 Å². The molecule has 0 atom stereocenters. The van der Waals surface area contributed by atoms with Crippen LogP contribution in [0.3, 0.4) is 0 Å². The van der Waals surface area contributed by atoms with Crippen LogP contribution in [-0.4, -0.2) is 24.6 Å². The van der Waals surface area contributed by atoms with Gasteiger partial charge < -0.3 is 15.0 Å². The molecule has 31 heavy (non-hydrogen) atoms. The molecule has 0 bridgehead atoms. The van der Waals surface area contributed by atoms with Crippen LogP contribution in [0.4, 0.5) is 11.4 Å². The zero-order chi connectivity index (χ0) is 22.8. The van der Waals surface area contributed by atoms with Crippen molar-refractivity contribution in [2.75, 3.05) is 17.3 Å². The van der Waals surface area contributed by atoms with Crippen molar-refractivity contribution in [2.24, 2.45) is 0 Å². The standard InChI is InChI=1S/C26H29N3O2/c1-17(2)29-24-12-7-19(14-23(24)18(3)15-26(29,4)5)13-20(16-27)25(30)28-21-8-10-22(31-6)11-9-21/h7-15,17H,1-6H3,(H,28,30)/b20-13-. The van der Waals surface area contributed by atoms with Crippen molar-refractivity contribution >= 4 is 28.9 Å². The molecule has 0 saturated carbocycles. The first-order chi connectivity index (χ1) is 14.7. The van der Waals surface area contributed by atoms with Crippen LogP contribution in [-0.2, 0) is 4.79 Å². The molecule has 160 valence electrons. The third-order valence-electron chi connectivity index (χ3n) is 5.44. The number of carbonyl (C=O) groups excluding carboxylic acids is 1. The molecule has 2 aromatic carbocycles. The number of carbonyl (C=O) groups is 1. The predicted molar refractivity (Wildman–Crippen MR) is 127 cm³/mol. The van der Waals surface area contributed by atoms with Crippen LogP contribution in [0.2, 0.25) is 0 Å². The lowest BCUT2D eigenvalue weighted by Gasteiger charge is -2.46. The monoisotopic (exact) mass is 415 g/mol. The summed E-state index contributed by atoms with van der Waals surface area (Å²) in [4.78, 5) is 15.0. The smallest absolute Gasteiger partial charge is 0.266 e. The average Bonchev–Trinajstić information content (AvgIpc) is 2.71. The van der Waals surface area contributed by atoms with Gasteiger partial charge in [-0.25, -0.2) is 0 Å². The van der Waals surface area contributed by atoms with E-state index in [1.165, 1.54) is 11.3 Å². The normalized spacial score (nSPS) is 15.1. The molecule has 5 nitrogen and oxygen atoms in total. The minimum Gasteiger partial charge on any atom is -0.497 e. The number of nitrogens with one attached hydrogen (secondary N) is 1. The fourth-order valence-electron chi connectivity index (χ4n) is 4.29. The van der Waals surface area contributed by atoms with E-state index in [2.05, 4.69) is 57.0 Å². The third-order valence-corrected chi connectivity index (χ3v) is 5.44. The number of allylic oxidation sites excluding steroid dienone is 1. The van der Waals surface area contributed by atoms with Crippen molar-refractivity contribution in [1.29, 1.82) is 5.26 Å². The van der Waals surface area contributed by atoms with Crippen molar-refractivity contribution in [1.82, 2.24) is 0 Å². The zero-order valence-electron chi connectivity index (χ0n) is 19.0. The van der Waals surface area contributed by atoms with Crippen molar-refractivity contribution in [3.8, 4) is 11.8 Å². The Kier molecular flexibility index (Phi) is 6.21. The summed E-state index contributed by atoms with van der Waals surface area (Å²) in [6.07, 6.45) is 3.90. The van der Waals surface area contributed by atoms with Gasteiger partial charge >= 0.3 is 0 Å². The summed E-state index contributed by atoms with van der Waals surface area (Å²) in [7, 11) is 1.58. The fourth-order valence-corrected chi connectivity index (χ4v) is 4.29. The van der Waals surface area contributed by atoms with Gasteiger partial charge in [-0.15, -0.1) is 0 Å². The first-order valence-electron chi connectivity index (χ1n) is 10.4. The van der Waals surface area contributed by atoms with Crippen LogP contribution >= 0.6 is 0 Å². The number of ether oxygens (including phenoxy) is 1. The summed E-state index contributed by atoms with van der Waals surface area (Å²) >= 11 is 0. The Morgan fingerprint density at radius 2 is 1.87 bits per heavy atom. The fraction of sp³-hybridized carbons (Fsp3) is 0.308. The SMILES string of the molecule is COc1ccc(NC(=O)/C(C#N)=C\c2ccc3c(c2)C(C)=CC(C)(C)N3C(C)C)cc1. The number of rotatable bonds is 5. The number of hydrogen-bond acceptors (Lipinski definition) is 4. The van der Waals surface area contributed by atoms with Crippen LogP contribution in [0, 0.1) is 11.3 Å². The largest absolute Gasteiger partial charge is 0.497 e. The van der Waals surface area contributed by atoms with Gasteiger partial charge in [0.1, 0.15) is 17.4 Å². The Hall–Kier alpha value is -3.52. The molecule has 0 fully saturated rings. The lowest BCUT2D eigenvalue weighted by atomic mass is 9.87. The predicted octanol–water partition coefficient (Wildman–Crippen LogP) is 5.65. The number of amides is 1. The molecule has 1 N–H and O–H groups in total. The van der Waals surface area contributed by atoms with Gasteiger partial charge in [0.25, 0.3) is 5.91 Å². The molecule has 0 saturated heterocycles. The Labute approximate surface area is 184 Å². The Morgan fingerprint density at radius 1 is 1.19 bits per heavy atom. The molecule has 1 heterocycles. The van der Waals surface area contributed by atoms with E-state index < -0.39 is 5.91 Å². The van der Waals surface area contributed by atoms with Crippen molar-refractivity contribution in [3.05, 3.63) is 65.2 Å². The van der Waals surface area contributed by atoms with Crippen LogP contribution in [0.5, 0.6) is 5.75 Å². The lowest BCUT2D eigenvalue weighted by Crippen LogP contribution is -2.49. The maximum atomic E-state index is 12.6. The molecule has 0 radical (unpaired) electrons. The molecule has 0 spiro atoms. The minimum atomic E-state index is -0.442. The van der Waals surface area contributed by atoms with E-state index in [4.69, 9.17) is 4.74 Å². The lowest BCUT2D eigenvalue weighted by molar-refractivity contribution is -0.112. The summed E-state index contributed by atoms with van der Waals surface area (Å²) < 4.78 is 5.13. The second-order valence-electron chi connectivity index (χ2n) is 8.57. The van der Waals surface area contributed by atoms with E-state index in [1.54, 1.807) is 37.5 Å². The number of nitrogens with zero attached hydrogens (tertiary/aromatic N) is 2. The molecule has 3 rings (SSSR count). The quantitative estimate of drug-likeness (QED) is 0.506. The average molecular weight is 416 g/mol. The van der Waals surface area contributed by atoms with E-state index in [0.717, 1.165) is 11.1 Å². The number of methoxy groups -OCH3 is 1. The van der Waals surface area contributed by atoms with Gasteiger partial charge in [0.2, 0.25) is 0 Å². The number of hydrogen-bond donors (Lipinski definition) is 1. The molecule has 2 aromatic rings. The molecule has 1 aliphatic rings. The van der Waals surface area contributed by atoms with Crippen molar-refractivity contribution < 1.29 is 9.53 Å². The van der Waals surface area contributed by atoms with Crippen LogP contribution < -0.4 is 15.0 Å². The number of anilines is 2. The highest BCUT2D eigenvalue weighted by Gasteiger charge is 2.32. The highest BCUT2D eigenvalue weighted by molar-refractivity contribution is 6.09. The first kappa shape index (κ1) is 22.2. The molecule has 0 unspecified atom stereocenters. The molecular formula is C26H29N3O2. The van der Waals surface area contributed by atoms with E-state index in [1.807, 2.05) is 18.2 Å². The summed E-state index contributed by atoms with van der Waals surface area (Å²) in [6.45, 7) is 10.9. The molecule has 1 aliphatic heterocycles. The summed E-state index contributed by atoms with van der Waals surface area (Å²) in [5.41, 5.74) is 4.86. The molecule has 0 aliphatic carbocycles. The van der Waals surface area contributed by atoms with Gasteiger partial charge in [0.05, 0.1) is 12.6 Å². The van der Waals surface area contributed by atoms with Gasteiger partial charge in [0.15, 0.2) is 0 Å². The Bertz CT molecular complexity index is 1090. The van der Waals surface area contributed by atoms with Gasteiger partial charge in [-0.1, -0.05) is 12.1 Å². The van der Waals surface area contributed by atoms with E-state index in [9.17, 15) is 10.1 Å². The third kappa shape index (κ3) is 4.64. The highest BCUT2D eigenvalue weighted by Crippen LogP contribution is 2.40. The van der Waals surface area contributed by atoms with Crippen molar-refractivity contribution in [3.63, 3.8) is 0 Å². The highest BCUT2D eigenvalue weighted by atomic mass is 16.5. The number of fused-ring (bicyclic) bond motifs is 1. The first-order valence-corrected chi connectivity index (χ1v) is 10.4. The topological polar surface area (TPSA) is 65.4 Å². The maximum Gasteiger partial charge on any atom is 0.266 e. The Morgan fingerprint density at radius 3 is 2.45 bits per heavy atom. The second-order valence-corrected chi connectivity index (χ2v) is 8.57. The second kappa shape index (κ2) is 8.69. The van der Waals surface area contributed by atoms with Gasteiger partial charge in [0, 0.05) is 23.0 Å². The number of benzene rings is 2.